The highest BCUT2D eigenvalue weighted by molar-refractivity contribution is 5.73. The van der Waals surface area contributed by atoms with Gasteiger partial charge in [0.05, 0.1) is 5.56 Å². The number of benzene rings is 1. The van der Waals surface area contributed by atoms with Crippen LogP contribution in [0, 0.1) is 0 Å². The average Bonchev–Trinajstić information content (AvgIpc) is 3.04. The largest absolute Gasteiger partial charge is 0.416 e. The Hall–Kier alpha value is -2.38. The van der Waals surface area contributed by atoms with E-state index in [9.17, 15) is 18.0 Å². The summed E-state index contributed by atoms with van der Waals surface area (Å²) in [4.78, 5) is 17.4. The quantitative estimate of drug-likeness (QED) is 0.840. The molecule has 2 aromatic rings. The van der Waals surface area contributed by atoms with Crippen LogP contribution in [0.2, 0.25) is 0 Å². The number of carbonyl (C=O) groups excluding carboxylic acids is 1. The van der Waals surface area contributed by atoms with Gasteiger partial charge in [-0.2, -0.15) is 18.2 Å². The number of likely N-dealkylation sites (tertiary alicyclic amines) is 1. The van der Waals surface area contributed by atoms with E-state index in [4.69, 9.17) is 4.52 Å². The minimum absolute atomic E-state index is 0.0458. The van der Waals surface area contributed by atoms with Crippen molar-refractivity contribution in [3.63, 3.8) is 0 Å². The number of amides is 1. The molecular formula is C16H16F3N3O2. The summed E-state index contributed by atoms with van der Waals surface area (Å²) in [6, 6.07) is 4.65. The van der Waals surface area contributed by atoms with Gasteiger partial charge in [-0.05, 0) is 25.0 Å². The molecule has 1 saturated heterocycles. The van der Waals surface area contributed by atoms with E-state index in [1.54, 1.807) is 4.90 Å². The summed E-state index contributed by atoms with van der Waals surface area (Å²) in [6.07, 6.45) is -2.91. The van der Waals surface area contributed by atoms with Crippen molar-refractivity contribution < 1.29 is 22.5 Å². The molecule has 5 nitrogen and oxygen atoms in total. The van der Waals surface area contributed by atoms with Crippen LogP contribution < -0.4 is 0 Å². The van der Waals surface area contributed by atoms with E-state index >= 15 is 0 Å². The van der Waals surface area contributed by atoms with Crippen LogP contribution >= 0.6 is 0 Å². The molecule has 1 aliphatic heterocycles. The molecule has 1 aliphatic rings. The van der Waals surface area contributed by atoms with Gasteiger partial charge < -0.3 is 9.42 Å². The van der Waals surface area contributed by atoms with Crippen LogP contribution in [0.1, 0.15) is 37.1 Å². The predicted molar refractivity (Wildman–Crippen MR) is 79.0 cm³/mol. The highest BCUT2D eigenvalue weighted by atomic mass is 19.4. The zero-order chi connectivity index (χ0) is 17.3. The fraction of sp³-hybridized carbons (Fsp3) is 0.438. The summed E-state index contributed by atoms with van der Waals surface area (Å²) in [6.45, 7) is 2.81. The molecule has 0 aliphatic carbocycles. The van der Waals surface area contributed by atoms with Gasteiger partial charge in [0.15, 0.2) is 0 Å². The number of rotatable bonds is 2. The molecule has 1 fully saturated rings. The molecular weight excluding hydrogens is 323 g/mol. The Morgan fingerprint density at radius 3 is 2.38 bits per heavy atom. The first-order valence-corrected chi connectivity index (χ1v) is 7.61. The van der Waals surface area contributed by atoms with Gasteiger partial charge in [0.25, 0.3) is 0 Å². The van der Waals surface area contributed by atoms with E-state index in [-0.39, 0.29) is 17.6 Å². The summed E-state index contributed by atoms with van der Waals surface area (Å²) in [5.41, 5.74) is -0.245. The van der Waals surface area contributed by atoms with Gasteiger partial charge in [-0.1, -0.05) is 17.3 Å². The van der Waals surface area contributed by atoms with Crippen molar-refractivity contribution in [1.29, 1.82) is 0 Å². The third kappa shape index (κ3) is 3.42. The molecule has 0 N–H and O–H groups in total. The Balaban J connectivity index is 1.71. The summed E-state index contributed by atoms with van der Waals surface area (Å²) in [5.74, 6) is 0.849. The van der Waals surface area contributed by atoms with Gasteiger partial charge in [0.2, 0.25) is 17.6 Å². The molecule has 0 radical (unpaired) electrons. The van der Waals surface area contributed by atoms with Crippen LogP contribution in [-0.2, 0) is 11.0 Å². The first-order valence-electron chi connectivity index (χ1n) is 7.61. The van der Waals surface area contributed by atoms with E-state index in [0.29, 0.717) is 24.5 Å². The third-order valence-electron chi connectivity index (χ3n) is 4.20. The van der Waals surface area contributed by atoms with E-state index in [1.165, 1.54) is 19.1 Å². The van der Waals surface area contributed by atoms with Crippen molar-refractivity contribution in [3.05, 3.63) is 35.7 Å². The van der Waals surface area contributed by atoms with E-state index in [1.807, 2.05) is 0 Å². The number of carbonyl (C=O) groups is 1. The Bertz CT molecular complexity index is 717. The van der Waals surface area contributed by atoms with Crippen molar-refractivity contribution in [3.8, 4) is 11.4 Å². The first-order chi connectivity index (χ1) is 11.3. The average molecular weight is 339 g/mol. The smallest absolute Gasteiger partial charge is 0.343 e. The van der Waals surface area contributed by atoms with Crippen molar-refractivity contribution >= 4 is 5.91 Å². The molecule has 0 bridgehead atoms. The lowest BCUT2D eigenvalue weighted by Gasteiger charge is -2.29. The summed E-state index contributed by atoms with van der Waals surface area (Å²) in [5, 5.41) is 3.86. The number of aromatic nitrogens is 2. The van der Waals surface area contributed by atoms with Crippen LogP contribution in [0.25, 0.3) is 11.4 Å². The zero-order valence-corrected chi connectivity index (χ0v) is 13.0. The molecule has 1 aromatic heterocycles. The first kappa shape index (κ1) is 16.5. The molecule has 0 saturated carbocycles. The van der Waals surface area contributed by atoms with Crippen molar-refractivity contribution in [2.45, 2.75) is 31.9 Å². The SMILES string of the molecule is CC(=O)N1CCC(c2nc(-c3ccc(C(F)(F)F)cc3)no2)CC1. The molecule has 2 heterocycles. The maximum absolute atomic E-state index is 12.6. The number of alkyl halides is 3. The Morgan fingerprint density at radius 1 is 1.21 bits per heavy atom. The van der Waals surface area contributed by atoms with Gasteiger partial charge in [-0.3, -0.25) is 4.79 Å². The molecule has 8 heteroatoms. The fourth-order valence-corrected chi connectivity index (χ4v) is 2.77. The number of hydrogen-bond donors (Lipinski definition) is 0. The molecule has 24 heavy (non-hydrogen) atoms. The molecule has 0 atom stereocenters. The van der Waals surface area contributed by atoms with Gasteiger partial charge in [-0.25, -0.2) is 0 Å². The Kier molecular flexibility index (Phi) is 4.29. The number of halogens is 3. The van der Waals surface area contributed by atoms with E-state index in [2.05, 4.69) is 10.1 Å². The lowest BCUT2D eigenvalue weighted by Crippen LogP contribution is -2.36. The van der Waals surface area contributed by atoms with Crippen LogP contribution in [0.15, 0.2) is 28.8 Å². The van der Waals surface area contributed by atoms with E-state index < -0.39 is 11.7 Å². The summed E-state index contributed by atoms with van der Waals surface area (Å²) >= 11 is 0. The van der Waals surface area contributed by atoms with Gasteiger partial charge in [0, 0.05) is 31.5 Å². The molecule has 0 unspecified atom stereocenters. The third-order valence-corrected chi connectivity index (χ3v) is 4.20. The monoisotopic (exact) mass is 339 g/mol. The van der Waals surface area contributed by atoms with Crippen LogP contribution in [0.4, 0.5) is 13.2 Å². The lowest BCUT2D eigenvalue weighted by atomic mass is 9.97. The van der Waals surface area contributed by atoms with Gasteiger partial charge in [0.1, 0.15) is 0 Å². The van der Waals surface area contributed by atoms with Crippen LogP contribution in [-0.4, -0.2) is 34.0 Å². The standard InChI is InChI=1S/C16H16F3N3O2/c1-10(23)22-8-6-12(7-9-22)15-20-14(21-24-15)11-2-4-13(5-3-11)16(17,18)19/h2-5,12H,6-9H2,1H3. The second-order valence-corrected chi connectivity index (χ2v) is 5.81. The molecule has 128 valence electrons. The maximum atomic E-state index is 12.6. The number of hydrogen-bond acceptors (Lipinski definition) is 4. The Labute approximate surface area is 136 Å². The highest BCUT2D eigenvalue weighted by Gasteiger charge is 2.30. The molecule has 1 aromatic carbocycles. The second-order valence-electron chi connectivity index (χ2n) is 5.81. The normalized spacial score (nSPS) is 16.4. The van der Waals surface area contributed by atoms with Crippen molar-refractivity contribution in [2.24, 2.45) is 0 Å². The second kappa shape index (κ2) is 6.26. The summed E-state index contributed by atoms with van der Waals surface area (Å²) < 4.78 is 43.0. The number of piperidine rings is 1. The summed E-state index contributed by atoms with van der Waals surface area (Å²) in [7, 11) is 0. The fourth-order valence-electron chi connectivity index (χ4n) is 2.77. The lowest BCUT2D eigenvalue weighted by molar-refractivity contribution is -0.137. The van der Waals surface area contributed by atoms with Crippen LogP contribution in [0.5, 0.6) is 0 Å². The molecule has 1 amide bonds. The maximum Gasteiger partial charge on any atom is 0.416 e. The van der Waals surface area contributed by atoms with Crippen molar-refractivity contribution in [2.75, 3.05) is 13.1 Å². The van der Waals surface area contributed by atoms with Gasteiger partial charge >= 0.3 is 6.18 Å². The minimum Gasteiger partial charge on any atom is -0.343 e. The van der Waals surface area contributed by atoms with E-state index in [0.717, 1.165) is 25.0 Å². The molecule has 3 rings (SSSR count). The minimum atomic E-state index is -4.37. The van der Waals surface area contributed by atoms with Crippen LogP contribution in [0.3, 0.4) is 0 Å². The molecule has 0 spiro atoms. The van der Waals surface area contributed by atoms with Gasteiger partial charge in [-0.15, -0.1) is 0 Å². The topological polar surface area (TPSA) is 59.2 Å². The van der Waals surface area contributed by atoms with Crippen molar-refractivity contribution in [1.82, 2.24) is 15.0 Å². The Morgan fingerprint density at radius 2 is 1.83 bits per heavy atom. The predicted octanol–water partition coefficient (Wildman–Crippen LogP) is 3.48. The number of nitrogens with zero attached hydrogens (tertiary/aromatic N) is 3. The zero-order valence-electron chi connectivity index (χ0n) is 13.0. The highest BCUT2D eigenvalue weighted by Crippen LogP contribution is 2.31.